The standard InChI is InChI=1S/C15H14NO2/c1-11(10-17)16-15(18)9-13-7-4-6-12-5-2-3-8-14(12)13/h2-8,11H,9H2,1H3,(H,16,18)/t11-/m0/s1. The predicted octanol–water partition coefficient (Wildman–Crippen LogP) is 2.00. The van der Waals surface area contributed by atoms with Crippen molar-refractivity contribution in [1.82, 2.24) is 5.32 Å². The topological polar surface area (TPSA) is 46.2 Å². The van der Waals surface area contributed by atoms with Crippen molar-refractivity contribution in [2.75, 3.05) is 0 Å². The lowest BCUT2D eigenvalue weighted by atomic mass is 10.0. The molecule has 0 heterocycles. The third kappa shape index (κ3) is 2.74. The molecule has 1 atom stereocenters. The molecular weight excluding hydrogens is 226 g/mol. The number of carbonyl (C=O) groups excluding carboxylic acids is 2. The molecule has 3 nitrogen and oxygen atoms in total. The summed E-state index contributed by atoms with van der Waals surface area (Å²) in [5, 5.41) is 4.76. The summed E-state index contributed by atoms with van der Waals surface area (Å²) in [6.45, 7) is 1.61. The SMILES string of the molecule is C[C@@H]([C]=O)NC(=O)Cc1cccc2ccccc12. The number of hydrogen-bond donors (Lipinski definition) is 1. The first-order valence-electron chi connectivity index (χ1n) is 5.84. The van der Waals surface area contributed by atoms with Crippen molar-refractivity contribution in [1.29, 1.82) is 0 Å². The van der Waals surface area contributed by atoms with Crippen molar-refractivity contribution >= 4 is 23.0 Å². The van der Waals surface area contributed by atoms with E-state index in [0.717, 1.165) is 16.3 Å². The molecule has 0 aliphatic carbocycles. The van der Waals surface area contributed by atoms with Crippen LogP contribution < -0.4 is 5.32 Å². The van der Waals surface area contributed by atoms with Gasteiger partial charge in [0.05, 0.1) is 12.5 Å². The first kappa shape index (κ1) is 12.3. The average molecular weight is 240 g/mol. The maximum Gasteiger partial charge on any atom is 0.225 e. The summed E-state index contributed by atoms with van der Waals surface area (Å²) in [6.07, 6.45) is 2.01. The molecule has 0 aromatic heterocycles. The van der Waals surface area contributed by atoms with Crippen LogP contribution in [-0.2, 0) is 16.0 Å². The highest BCUT2D eigenvalue weighted by atomic mass is 16.2. The van der Waals surface area contributed by atoms with Crippen LogP contribution in [0.5, 0.6) is 0 Å². The van der Waals surface area contributed by atoms with E-state index < -0.39 is 6.04 Å². The minimum atomic E-state index is -0.563. The van der Waals surface area contributed by atoms with Gasteiger partial charge in [0.25, 0.3) is 0 Å². The Morgan fingerprint density at radius 1 is 1.22 bits per heavy atom. The molecule has 0 fully saturated rings. The number of amides is 1. The minimum absolute atomic E-state index is 0.165. The molecule has 91 valence electrons. The Kier molecular flexibility index (Phi) is 3.72. The summed E-state index contributed by atoms with van der Waals surface area (Å²) in [5.74, 6) is -0.165. The van der Waals surface area contributed by atoms with Gasteiger partial charge in [0, 0.05) is 0 Å². The molecule has 1 radical (unpaired) electrons. The van der Waals surface area contributed by atoms with Crippen LogP contribution in [0, 0.1) is 0 Å². The number of carbonyl (C=O) groups is 1. The Morgan fingerprint density at radius 3 is 2.72 bits per heavy atom. The van der Waals surface area contributed by atoms with E-state index in [2.05, 4.69) is 5.32 Å². The fourth-order valence-electron chi connectivity index (χ4n) is 1.94. The lowest BCUT2D eigenvalue weighted by Gasteiger charge is -2.09. The lowest BCUT2D eigenvalue weighted by molar-refractivity contribution is -0.120. The van der Waals surface area contributed by atoms with Gasteiger partial charge in [-0.2, -0.15) is 0 Å². The van der Waals surface area contributed by atoms with Crippen LogP contribution in [0.3, 0.4) is 0 Å². The van der Waals surface area contributed by atoms with Crippen LogP contribution in [0.25, 0.3) is 10.8 Å². The van der Waals surface area contributed by atoms with Gasteiger partial charge in [-0.1, -0.05) is 42.5 Å². The number of benzene rings is 2. The molecule has 0 saturated carbocycles. The molecule has 0 bridgehead atoms. The molecular formula is C15H14NO2. The number of rotatable bonds is 4. The molecule has 2 aromatic rings. The van der Waals surface area contributed by atoms with Gasteiger partial charge in [-0.3, -0.25) is 9.59 Å². The van der Waals surface area contributed by atoms with Crippen molar-refractivity contribution in [3.8, 4) is 0 Å². The molecule has 2 aromatic carbocycles. The zero-order valence-corrected chi connectivity index (χ0v) is 10.1. The van der Waals surface area contributed by atoms with E-state index >= 15 is 0 Å². The third-order valence-electron chi connectivity index (χ3n) is 2.79. The molecule has 1 N–H and O–H groups in total. The van der Waals surface area contributed by atoms with Crippen molar-refractivity contribution in [3.63, 3.8) is 0 Å². The van der Waals surface area contributed by atoms with E-state index in [-0.39, 0.29) is 12.3 Å². The number of fused-ring (bicyclic) bond motifs is 1. The van der Waals surface area contributed by atoms with Crippen molar-refractivity contribution < 1.29 is 9.59 Å². The molecule has 2 rings (SSSR count). The third-order valence-corrected chi connectivity index (χ3v) is 2.79. The molecule has 1 amide bonds. The zero-order chi connectivity index (χ0) is 13.0. The summed E-state index contributed by atoms with van der Waals surface area (Å²) < 4.78 is 0. The maximum absolute atomic E-state index is 11.7. The molecule has 3 heteroatoms. The smallest absolute Gasteiger partial charge is 0.225 e. The average Bonchev–Trinajstić information content (AvgIpc) is 2.39. The van der Waals surface area contributed by atoms with E-state index in [9.17, 15) is 9.59 Å². The molecule has 0 saturated heterocycles. The van der Waals surface area contributed by atoms with Gasteiger partial charge in [-0.05, 0) is 23.3 Å². The van der Waals surface area contributed by atoms with Gasteiger partial charge in [0.15, 0.2) is 0 Å². The maximum atomic E-state index is 11.7. The fourth-order valence-corrected chi connectivity index (χ4v) is 1.94. The van der Waals surface area contributed by atoms with Crippen molar-refractivity contribution in [2.24, 2.45) is 0 Å². The molecule has 0 unspecified atom stereocenters. The fraction of sp³-hybridized carbons (Fsp3) is 0.200. The van der Waals surface area contributed by atoms with Crippen LogP contribution in [0.1, 0.15) is 12.5 Å². The highest BCUT2D eigenvalue weighted by molar-refractivity contribution is 5.90. The Labute approximate surface area is 106 Å². The summed E-state index contributed by atoms with van der Waals surface area (Å²) in [5.41, 5.74) is 0.962. The van der Waals surface area contributed by atoms with E-state index in [4.69, 9.17) is 0 Å². The second-order valence-corrected chi connectivity index (χ2v) is 4.22. The normalized spacial score (nSPS) is 12.1. The highest BCUT2D eigenvalue weighted by Crippen LogP contribution is 2.18. The van der Waals surface area contributed by atoms with E-state index in [1.54, 1.807) is 13.2 Å². The van der Waals surface area contributed by atoms with Gasteiger partial charge in [-0.25, -0.2) is 0 Å². The van der Waals surface area contributed by atoms with E-state index in [1.807, 2.05) is 42.5 Å². The van der Waals surface area contributed by atoms with Gasteiger partial charge in [0.2, 0.25) is 12.2 Å². The van der Waals surface area contributed by atoms with E-state index in [1.165, 1.54) is 0 Å². The van der Waals surface area contributed by atoms with Crippen LogP contribution in [0.4, 0.5) is 0 Å². The minimum Gasteiger partial charge on any atom is -0.346 e. The van der Waals surface area contributed by atoms with Crippen molar-refractivity contribution in [2.45, 2.75) is 19.4 Å². The van der Waals surface area contributed by atoms with Crippen LogP contribution in [0.2, 0.25) is 0 Å². The second-order valence-electron chi connectivity index (χ2n) is 4.22. The van der Waals surface area contributed by atoms with Crippen LogP contribution >= 0.6 is 0 Å². The summed E-state index contributed by atoms with van der Waals surface area (Å²) >= 11 is 0. The lowest BCUT2D eigenvalue weighted by Crippen LogP contribution is -2.34. The van der Waals surface area contributed by atoms with Gasteiger partial charge in [0.1, 0.15) is 0 Å². The Bertz CT molecular complexity index is 572. The first-order valence-corrected chi connectivity index (χ1v) is 5.84. The largest absolute Gasteiger partial charge is 0.346 e. The molecule has 0 spiro atoms. The summed E-state index contributed by atoms with van der Waals surface area (Å²) in [6, 6.07) is 13.2. The van der Waals surface area contributed by atoms with Crippen LogP contribution in [0.15, 0.2) is 42.5 Å². The Morgan fingerprint density at radius 2 is 1.94 bits per heavy atom. The second kappa shape index (κ2) is 5.45. The number of nitrogens with one attached hydrogen (secondary N) is 1. The van der Waals surface area contributed by atoms with Gasteiger partial charge < -0.3 is 5.32 Å². The predicted molar refractivity (Wildman–Crippen MR) is 71.0 cm³/mol. The Balaban J connectivity index is 2.21. The van der Waals surface area contributed by atoms with Crippen molar-refractivity contribution in [3.05, 3.63) is 48.0 Å². The first-order chi connectivity index (χ1) is 8.70. The molecule has 0 aliphatic heterocycles. The highest BCUT2D eigenvalue weighted by Gasteiger charge is 2.09. The number of hydrogen-bond acceptors (Lipinski definition) is 2. The summed E-state index contributed by atoms with van der Waals surface area (Å²) in [4.78, 5) is 22.1. The molecule has 0 aliphatic rings. The Hall–Kier alpha value is -2.16. The van der Waals surface area contributed by atoms with Gasteiger partial charge in [-0.15, -0.1) is 0 Å². The van der Waals surface area contributed by atoms with E-state index in [0.29, 0.717) is 0 Å². The summed E-state index contributed by atoms with van der Waals surface area (Å²) in [7, 11) is 0. The zero-order valence-electron chi connectivity index (χ0n) is 10.1. The van der Waals surface area contributed by atoms with Crippen LogP contribution in [-0.4, -0.2) is 18.2 Å². The molecule has 18 heavy (non-hydrogen) atoms. The quantitative estimate of drug-likeness (QED) is 0.888. The monoisotopic (exact) mass is 240 g/mol. The van der Waals surface area contributed by atoms with Gasteiger partial charge >= 0.3 is 0 Å².